The van der Waals surface area contributed by atoms with Crippen LogP contribution < -0.4 is 4.90 Å². The Morgan fingerprint density at radius 2 is 1.03 bits per heavy atom. The third kappa shape index (κ3) is 5.19. The van der Waals surface area contributed by atoms with Crippen LogP contribution in [0.5, 0.6) is 0 Å². The van der Waals surface area contributed by atoms with Gasteiger partial charge >= 0.3 is 0 Å². The van der Waals surface area contributed by atoms with E-state index in [-0.39, 0.29) is 10.8 Å². The van der Waals surface area contributed by atoms with E-state index in [1.54, 1.807) is 0 Å². The third-order valence-electron chi connectivity index (χ3n) is 13.8. The van der Waals surface area contributed by atoms with Gasteiger partial charge in [-0.25, -0.2) is 4.98 Å². The van der Waals surface area contributed by atoms with Crippen molar-refractivity contribution in [3.8, 4) is 45.0 Å². The summed E-state index contributed by atoms with van der Waals surface area (Å²) in [6.45, 7) is 9.31. The van der Waals surface area contributed by atoms with Crippen LogP contribution in [0.4, 0.5) is 17.3 Å². The molecule has 11 aromatic rings. The summed E-state index contributed by atoms with van der Waals surface area (Å²) in [6, 6.07) is 60.9. The predicted octanol–water partition coefficient (Wildman–Crippen LogP) is 15.6. The van der Waals surface area contributed by atoms with Crippen LogP contribution in [0.3, 0.4) is 0 Å². The zero-order valence-corrected chi connectivity index (χ0v) is 36.1. The Morgan fingerprint density at radius 3 is 1.87 bits per heavy atom. The first-order valence-electron chi connectivity index (χ1n) is 21.6. The number of benzene rings is 8. The van der Waals surface area contributed by atoms with E-state index in [0.29, 0.717) is 17.6 Å². The van der Waals surface area contributed by atoms with Gasteiger partial charge in [0.25, 0.3) is 0 Å². The summed E-state index contributed by atoms with van der Waals surface area (Å²) < 4.78 is 8.71. The second-order valence-corrected chi connectivity index (χ2v) is 19.0. The number of aromatic nitrogens is 3. The Bertz CT molecular complexity index is 3720. The highest BCUT2D eigenvalue weighted by Gasteiger charge is 2.39. The molecule has 2 aliphatic rings. The molecule has 63 heavy (non-hydrogen) atoms. The lowest BCUT2D eigenvalue weighted by molar-refractivity contribution is 0.660. The number of rotatable bonds is 5. The van der Waals surface area contributed by atoms with Crippen molar-refractivity contribution in [1.29, 1.82) is 0 Å². The van der Waals surface area contributed by atoms with E-state index in [1.165, 1.54) is 64.7 Å². The maximum Gasteiger partial charge on any atom is 0.238 e. The normalized spacial score (nSPS) is 14.3. The van der Waals surface area contributed by atoms with Crippen molar-refractivity contribution in [2.45, 2.75) is 38.5 Å². The number of thiophene rings is 1. The number of anilines is 3. The van der Waals surface area contributed by atoms with Gasteiger partial charge in [-0.05, 0) is 87.5 Å². The fraction of sp³-hybridized carbons (Fsp3) is 0.105. The largest absolute Gasteiger partial charge is 0.456 e. The van der Waals surface area contributed by atoms with Crippen molar-refractivity contribution in [1.82, 2.24) is 15.0 Å². The highest BCUT2D eigenvalue weighted by molar-refractivity contribution is 7.26. The predicted molar refractivity (Wildman–Crippen MR) is 261 cm³/mol. The average molecular weight is 829 g/mol. The Morgan fingerprint density at radius 1 is 0.444 bits per heavy atom. The molecule has 0 saturated heterocycles. The molecule has 3 heterocycles. The number of nitrogens with zero attached hydrogens (tertiary/aromatic N) is 4. The number of hydrogen-bond acceptors (Lipinski definition) is 6. The first-order chi connectivity index (χ1) is 30.7. The van der Waals surface area contributed by atoms with Crippen LogP contribution in [0.2, 0.25) is 0 Å². The van der Waals surface area contributed by atoms with E-state index < -0.39 is 0 Å². The molecule has 0 N–H and O–H groups in total. The van der Waals surface area contributed by atoms with Gasteiger partial charge in [0.1, 0.15) is 11.2 Å². The molecule has 0 fully saturated rings. The Labute approximate surface area is 369 Å². The van der Waals surface area contributed by atoms with E-state index in [0.717, 1.165) is 44.4 Å². The molecule has 0 amide bonds. The van der Waals surface area contributed by atoms with Crippen LogP contribution in [0.15, 0.2) is 174 Å². The zero-order valence-electron chi connectivity index (χ0n) is 35.3. The van der Waals surface area contributed by atoms with Gasteiger partial charge in [0.05, 0.1) is 16.1 Å². The van der Waals surface area contributed by atoms with Crippen LogP contribution >= 0.6 is 11.3 Å². The summed E-state index contributed by atoms with van der Waals surface area (Å²) in [6.07, 6.45) is 0. The smallest absolute Gasteiger partial charge is 0.238 e. The fourth-order valence-electron chi connectivity index (χ4n) is 10.6. The molecule has 13 rings (SSSR count). The summed E-state index contributed by atoms with van der Waals surface area (Å²) in [5.74, 6) is 1.76. The molecule has 3 aromatic heterocycles. The van der Waals surface area contributed by atoms with Gasteiger partial charge < -0.3 is 4.42 Å². The van der Waals surface area contributed by atoms with E-state index >= 15 is 0 Å². The monoisotopic (exact) mass is 828 g/mol. The van der Waals surface area contributed by atoms with Crippen molar-refractivity contribution < 1.29 is 4.42 Å². The molecule has 300 valence electrons. The van der Waals surface area contributed by atoms with Gasteiger partial charge in [-0.2, -0.15) is 9.97 Å². The van der Waals surface area contributed by atoms with Gasteiger partial charge in [-0.15, -0.1) is 11.3 Å². The van der Waals surface area contributed by atoms with Crippen molar-refractivity contribution in [3.05, 3.63) is 192 Å². The standard InChI is InChI=1S/C57H40N4OS/c1-56(2)43-21-10-6-18-40(43)51-44(56)22-14-23-46(51)61(47-24-13-19-39-38-17-8-12-26-50(38)63-52(39)47)55-59-53(33-28-30-49-41(31-33)37-16-7-11-25-48(37)62-49)58-54(60-55)34-27-29-36-35-15-5-9-20-42(35)57(3,4)45(36)32-34/h5-32H,1-4H3. The third-order valence-corrected chi connectivity index (χ3v) is 15.0. The molecule has 0 spiro atoms. The van der Waals surface area contributed by atoms with E-state index in [9.17, 15) is 0 Å². The van der Waals surface area contributed by atoms with Crippen LogP contribution in [0.1, 0.15) is 49.9 Å². The summed E-state index contributed by atoms with van der Waals surface area (Å²) in [5, 5.41) is 4.53. The average Bonchev–Trinajstić information content (AvgIpc) is 4.02. The van der Waals surface area contributed by atoms with Crippen LogP contribution in [-0.4, -0.2) is 15.0 Å². The van der Waals surface area contributed by atoms with Gasteiger partial charge in [0.15, 0.2) is 11.6 Å². The molecule has 0 atom stereocenters. The Kier molecular flexibility index (Phi) is 7.51. The lowest BCUT2D eigenvalue weighted by Crippen LogP contribution is -2.18. The molecule has 5 nitrogen and oxygen atoms in total. The zero-order chi connectivity index (χ0) is 42.2. The van der Waals surface area contributed by atoms with E-state index in [4.69, 9.17) is 19.4 Å². The fourth-order valence-corrected chi connectivity index (χ4v) is 11.8. The topological polar surface area (TPSA) is 55.1 Å². The summed E-state index contributed by atoms with van der Waals surface area (Å²) in [4.78, 5) is 18.8. The van der Waals surface area contributed by atoms with Crippen molar-refractivity contribution >= 4 is 70.8 Å². The van der Waals surface area contributed by atoms with Crippen LogP contribution in [-0.2, 0) is 10.8 Å². The first-order valence-corrected chi connectivity index (χ1v) is 22.4. The molecular formula is C57H40N4OS. The van der Waals surface area contributed by atoms with Gasteiger partial charge in [-0.1, -0.05) is 149 Å². The molecule has 6 heteroatoms. The number of fused-ring (bicyclic) bond motifs is 12. The summed E-state index contributed by atoms with van der Waals surface area (Å²) in [5.41, 5.74) is 15.3. The minimum atomic E-state index is -0.204. The van der Waals surface area contributed by atoms with E-state index in [1.807, 2.05) is 29.5 Å². The molecule has 0 aliphatic heterocycles. The molecule has 0 unspecified atom stereocenters. The molecule has 2 aliphatic carbocycles. The minimum absolute atomic E-state index is 0.193. The van der Waals surface area contributed by atoms with Crippen LogP contribution in [0.25, 0.3) is 87.1 Å². The minimum Gasteiger partial charge on any atom is -0.456 e. The number of furan rings is 1. The quantitative estimate of drug-likeness (QED) is 0.173. The Hall–Kier alpha value is -7.41. The maximum atomic E-state index is 6.30. The molecular weight excluding hydrogens is 789 g/mol. The number of para-hydroxylation sites is 1. The van der Waals surface area contributed by atoms with E-state index in [2.05, 4.69) is 184 Å². The van der Waals surface area contributed by atoms with Crippen molar-refractivity contribution in [3.63, 3.8) is 0 Å². The summed E-state index contributed by atoms with van der Waals surface area (Å²) in [7, 11) is 0. The van der Waals surface area contributed by atoms with Crippen LogP contribution in [0, 0.1) is 0 Å². The van der Waals surface area contributed by atoms with Gasteiger partial charge in [0, 0.05) is 53.8 Å². The lowest BCUT2D eigenvalue weighted by Gasteiger charge is -2.28. The van der Waals surface area contributed by atoms with Crippen molar-refractivity contribution in [2.75, 3.05) is 4.90 Å². The molecule has 0 radical (unpaired) electrons. The first kappa shape index (κ1) is 36.3. The molecule has 0 bridgehead atoms. The van der Waals surface area contributed by atoms with Gasteiger partial charge in [-0.3, -0.25) is 4.90 Å². The Balaban J connectivity index is 1.11. The second-order valence-electron chi connectivity index (χ2n) is 18.0. The number of hydrogen-bond donors (Lipinski definition) is 0. The highest BCUT2D eigenvalue weighted by Crippen LogP contribution is 2.55. The SMILES string of the molecule is CC1(C)c2ccccc2-c2ccc(-c3nc(-c4ccc5oc6ccccc6c5c4)nc(N(c4cccc5c4-c4ccccc4C5(C)C)c4cccc5c4sc4ccccc45)n3)cc21. The second kappa shape index (κ2) is 13.1. The van der Waals surface area contributed by atoms with Gasteiger partial charge in [0.2, 0.25) is 5.95 Å². The summed E-state index contributed by atoms with van der Waals surface area (Å²) >= 11 is 1.81. The highest BCUT2D eigenvalue weighted by atomic mass is 32.1. The van der Waals surface area contributed by atoms with Crippen molar-refractivity contribution in [2.24, 2.45) is 0 Å². The molecule has 8 aromatic carbocycles. The maximum absolute atomic E-state index is 6.30. The molecule has 0 saturated carbocycles. The lowest BCUT2D eigenvalue weighted by atomic mass is 9.82.